The lowest BCUT2D eigenvalue weighted by atomic mass is 9.84. The summed E-state index contributed by atoms with van der Waals surface area (Å²) in [5.74, 6) is 0.712. The molecule has 1 aromatic rings. The normalized spacial score (nSPS) is 18.5. The summed E-state index contributed by atoms with van der Waals surface area (Å²) in [4.78, 5) is 38.0. The highest BCUT2D eigenvalue weighted by Crippen LogP contribution is 2.24. The molecule has 1 aromatic carbocycles. The molecule has 2 N–H and O–H groups in total. The van der Waals surface area contributed by atoms with Gasteiger partial charge in [-0.05, 0) is 62.7 Å². The molecule has 0 saturated carbocycles. The van der Waals surface area contributed by atoms with E-state index in [0.29, 0.717) is 48.9 Å². The Morgan fingerprint density at radius 1 is 1.15 bits per heavy atom. The number of amides is 3. The minimum atomic E-state index is -0.213. The van der Waals surface area contributed by atoms with Gasteiger partial charge in [0.1, 0.15) is 0 Å². The number of carbonyl (C=O) groups is 3. The number of nitrogens with one attached hydrogen (secondary N) is 2. The van der Waals surface area contributed by atoms with Crippen molar-refractivity contribution in [2.45, 2.75) is 39.0 Å². The van der Waals surface area contributed by atoms with Crippen LogP contribution in [0.15, 0.2) is 24.3 Å². The average Bonchev–Trinajstić information content (AvgIpc) is 2.93. The van der Waals surface area contributed by atoms with Crippen LogP contribution in [-0.2, 0) is 4.79 Å². The summed E-state index contributed by atoms with van der Waals surface area (Å²) in [5.41, 5.74) is 0.977. The highest BCUT2D eigenvalue weighted by Gasteiger charge is 2.34. The van der Waals surface area contributed by atoms with Crippen molar-refractivity contribution in [2.24, 2.45) is 11.8 Å². The van der Waals surface area contributed by atoms with Crippen molar-refractivity contribution >= 4 is 17.7 Å². The third-order valence-electron chi connectivity index (χ3n) is 5.70. The molecule has 0 radical (unpaired) electrons. The van der Waals surface area contributed by atoms with Crippen LogP contribution in [0.1, 0.15) is 59.7 Å². The van der Waals surface area contributed by atoms with Crippen LogP contribution < -0.4 is 10.6 Å². The Bertz CT molecular complexity index is 663. The minimum absolute atomic E-state index is 0.0989. The lowest BCUT2D eigenvalue weighted by Crippen LogP contribution is -2.34. The van der Waals surface area contributed by atoms with E-state index in [9.17, 15) is 14.4 Å². The number of fused-ring (bicyclic) bond motifs is 1. The summed E-state index contributed by atoms with van der Waals surface area (Å²) in [7, 11) is 0. The van der Waals surface area contributed by atoms with Gasteiger partial charge in [-0.2, -0.15) is 0 Å². The fourth-order valence-electron chi connectivity index (χ4n) is 4.01. The Labute approximate surface area is 160 Å². The fraction of sp³-hybridized carbons (Fsp3) is 0.571. The van der Waals surface area contributed by atoms with Gasteiger partial charge in [-0.15, -0.1) is 0 Å². The second kappa shape index (κ2) is 9.13. The Hall–Kier alpha value is -2.21. The van der Waals surface area contributed by atoms with E-state index in [4.69, 9.17) is 0 Å². The Kier molecular flexibility index (Phi) is 6.61. The number of piperidine rings is 1. The van der Waals surface area contributed by atoms with Crippen LogP contribution in [0.25, 0.3) is 0 Å². The average molecular weight is 371 g/mol. The van der Waals surface area contributed by atoms with E-state index < -0.39 is 0 Å². The molecule has 1 fully saturated rings. The van der Waals surface area contributed by atoms with Gasteiger partial charge < -0.3 is 10.6 Å². The summed E-state index contributed by atoms with van der Waals surface area (Å²) >= 11 is 0. The molecule has 146 valence electrons. The van der Waals surface area contributed by atoms with Crippen LogP contribution >= 0.6 is 0 Å². The van der Waals surface area contributed by atoms with E-state index in [1.807, 2.05) is 0 Å². The quantitative estimate of drug-likeness (QED) is 0.542. The van der Waals surface area contributed by atoms with Crippen LogP contribution in [0.2, 0.25) is 0 Å². The number of imide groups is 1. The number of carbonyl (C=O) groups excluding carboxylic acids is 3. The van der Waals surface area contributed by atoms with E-state index in [2.05, 4.69) is 17.6 Å². The maximum Gasteiger partial charge on any atom is 0.261 e. The van der Waals surface area contributed by atoms with E-state index in [1.165, 1.54) is 4.90 Å². The molecule has 2 aliphatic heterocycles. The molecule has 0 aliphatic carbocycles. The van der Waals surface area contributed by atoms with Crippen LogP contribution in [0.3, 0.4) is 0 Å². The minimum Gasteiger partial charge on any atom is -0.356 e. The van der Waals surface area contributed by atoms with Crippen molar-refractivity contribution in [2.75, 3.05) is 26.2 Å². The summed E-state index contributed by atoms with van der Waals surface area (Å²) in [5, 5.41) is 6.33. The molecule has 2 heterocycles. The van der Waals surface area contributed by atoms with E-state index in [1.54, 1.807) is 24.3 Å². The van der Waals surface area contributed by atoms with Gasteiger partial charge >= 0.3 is 0 Å². The molecule has 2 aliphatic rings. The Balaban J connectivity index is 1.33. The molecule has 3 amide bonds. The molecule has 27 heavy (non-hydrogen) atoms. The van der Waals surface area contributed by atoms with Gasteiger partial charge in [0.25, 0.3) is 11.8 Å². The van der Waals surface area contributed by atoms with E-state index in [0.717, 1.165) is 32.4 Å². The summed E-state index contributed by atoms with van der Waals surface area (Å²) in [6.45, 7) is 5.25. The highest BCUT2D eigenvalue weighted by molar-refractivity contribution is 6.21. The largest absolute Gasteiger partial charge is 0.356 e. The van der Waals surface area contributed by atoms with Crippen molar-refractivity contribution < 1.29 is 14.4 Å². The van der Waals surface area contributed by atoms with E-state index in [-0.39, 0.29) is 17.7 Å². The van der Waals surface area contributed by atoms with Gasteiger partial charge in [0.05, 0.1) is 11.1 Å². The molecule has 0 bridgehead atoms. The molecule has 6 nitrogen and oxygen atoms in total. The number of rotatable bonds is 8. The van der Waals surface area contributed by atoms with Gasteiger partial charge in [-0.3, -0.25) is 19.3 Å². The van der Waals surface area contributed by atoms with Gasteiger partial charge in [-0.1, -0.05) is 19.1 Å². The Morgan fingerprint density at radius 3 is 2.41 bits per heavy atom. The van der Waals surface area contributed by atoms with Crippen molar-refractivity contribution in [3.8, 4) is 0 Å². The van der Waals surface area contributed by atoms with Crippen LogP contribution in [0, 0.1) is 11.8 Å². The van der Waals surface area contributed by atoms with Gasteiger partial charge in [0.2, 0.25) is 5.91 Å². The number of unbranched alkanes of at least 4 members (excludes halogenated alkanes) is 1. The Morgan fingerprint density at radius 2 is 1.78 bits per heavy atom. The first-order valence-corrected chi connectivity index (χ1v) is 10.0. The first kappa shape index (κ1) is 19.5. The van der Waals surface area contributed by atoms with Crippen LogP contribution in [-0.4, -0.2) is 48.8 Å². The molecule has 3 rings (SSSR count). The highest BCUT2D eigenvalue weighted by atomic mass is 16.2. The van der Waals surface area contributed by atoms with E-state index >= 15 is 0 Å². The lowest BCUT2D eigenvalue weighted by Gasteiger charge is -2.27. The third kappa shape index (κ3) is 4.75. The maximum atomic E-state index is 12.3. The number of hydrogen-bond donors (Lipinski definition) is 2. The van der Waals surface area contributed by atoms with Gasteiger partial charge in [-0.25, -0.2) is 0 Å². The number of nitrogens with zero attached hydrogens (tertiary/aromatic N) is 1. The second-order valence-corrected chi connectivity index (χ2v) is 7.63. The SMILES string of the molecule is CC(CC(=O)NCCCCN1C(=O)c2ccccc2C1=O)C1CCNCC1. The predicted octanol–water partition coefficient (Wildman–Crippen LogP) is 2.20. The van der Waals surface area contributed by atoms with Crippen molar-refractivity contribution in [3.05, 3.63) is 35.4 Å². The number of hydrogen-bond acceptors (Lipinski definition) is 4. The monoisotopic (exact) mass is 371 g/mol. The van der Waals surface area contributed by atoms with Gasteiger partial charge in [0.15, 0.2) is 0 Å². The van der Waals surface area contributed by atoms with Crippen LogP contribution in [0.5, 0.6) is 0 Å². The molecule has 1 saturated heterocycles. The van der Waals surface area contributed by atoms with Crippen molar-refractivity contribution in [3.63, 3.8) is 0 Å². The third-order valence-corrected chi connectivity index (χ3v) is 5.70. The molecule has 1 unspecified atom stereocenters. The molecule has 1 atom stereocenters. The standard InChI is InChI=1S/C21H29N3O3/c1-15(16-8-11-22-12-9-16)14-19(25)23-10-4-5-13-24-20(26)17-6-2-3-7-18(17)21(24)27/h2-3,6-7,15-16,22H,4-5,8-14H2,1H3,(H,23,25). The predicted molar refractivity (Wildman–Crippen MR) is 103 cm³/mol. The molecule has 0 spiro atoms. The zero-order valence-electron chi connectivity index (χ0n) is 16.0. The second-order valence-electron chi connectivity index (χ2n) is 7.63. The first-order chi connectivity index (χ1) is 13.1. The summed E-state index contributed by atoms with van der Waals surface area (Å²) < 4.78 is 0. The molecular weight excluding hydrogens is 342 g/mol. The first-order valence-electron chi connectivity index (χ1n) is 10.0. The summed E-state index contributed by atoms with van der Waals surface area (Å²) in [6.07, 6.45) is 4.31. The molecule has 6 heteroatoms. The molecular formula is C21H29N3O3. The zero-order valence-corrected chi connectivity index (χ0v) is 16.0. The fourth-order valence-corrected chi connectivity index (χ4v) is 4.01. The van der Waals surface area contributed by atoms with Crippen molar-refractivity contribution in [1.29, 1.82) is 0 Å². The topological polar surface area (TPSA) is 78.5 Å². The van der Waals surface area contributed by atoms with Crippen LogP contribution in [0.4, 0.5) is 0 Å². The molecule has 0 aromatic heterocycles. The summed E-state index contributed by atoms with van der Waals surface area (Å²) in [6, 6.07) is 6.93. The maximum absolute atomic E-state index is 12.3. The number of benzene rings is 1. The lowest BCUT2D eigenvalue weighted by molar-refractivity contribution is -0.122. The van der Waals surface area contributed by atoms with Gasteiger partial charge in [0, 0.05) is 19.5 Å². The van der Waals surface area contributed by atoms with Crippen molar-refractivity contribution in [1.82, 2.24) is 15.5 Å². The smallest absolute Gasteiger partial charge is 0.261 e. The zero-order chi connectivity index (χ0) is 19.2.